The molecular weight excluding hydrogens is 442 g/mol. The molecule has 6 heteroatoms. The van der Waals surface area contributed by atoms with E-state index in [1.165, 1.54) is 11.8 Å². The number of hydrogen-bond acceptors (Lipinski definition) is 2. The summed E-state index contributed by atoms with van der Waals surface area (Å²) in [6.07, 6.45) is 0.620. The molecule has 2 aromatic carbocycles. The van der Waals surface area contributed by atoms with Crippen molar-refractivity contribution in [2.45, 2.75) is 19.9 Å². The average Bonchev–Trinajstić information content (AvgIpc) is 2.61. The summed E-state index contributed by atoms with van der Waals surface area (Å²) in [5.74, 6) is 0.586. The maximum absolute atomic E-state index is 13.6. The monoisotopic (exact) mass is 470 g/mol. The lowest BCUT2D eigenvalue weighted by Crippen LogP contribution is -2.38. The van der Waals surface area contributed by atoms with Gasteiger partial charge in [0.05, 0.1) is 6.54 Å². The van der Waals surface area contributed by atoms with E-state index < -0.39 is 0 Å². The summed E-state index contributed by atoms with van der Waals surface area (Å²) >= 11 is 0. The van der Waals surface area contributed by atoms with E-state index >= 15 is 0 Å². The van der Waals surface area contributed by atoms with Gasteiger partial charge in [0.2, 0.25) is 0 Å². The van der Waals surface area contributed by atoms with Crippen LogP contribution in [0.1, 0.15) is 18.1 Å². The van der Waals surface area contributed by atoms with Gasteiger partial charge in [-0.15, -0.1) is 24.0 Å². The number of anilines is 1. The molecule has 26 heavy (non-hydrogen) atoms. The van der Waals surface area contributed by atoms with Gasteiger partial charge < -0.3 is 15.5 Å². The zero-order chi connectivity index (χ0) is 18.1. The van der Waals surface area contributed by atoms with Crippen LogP contribution in [-0.2, 0) is 13.0 Å². The standard InChI is InChI=1S/C20H27FN4.HI/c1-4-22-20(23-14-13-17-7-5-6-8-19(17)21)24-15-16-9-11-18(12-10-16)25(2)3;/h5-12H,4,13-15H2,1-3H3,(H2,22,23,24);1H. The molecule has 0 heterocycles. The Labute approximate surface area is 172 Å². The Balaban J connectivity index is 0.00000338. The summed E-state index contributed by atoms with van der Waals surface area (Å²) in [7, 11) is 4.05. The molecule has 0 radical (unpaired) electrons. The molecule has 0 aliphatic carbocycles. The Morgan fingerprint density at radius 1 is 1.04 bits per heavy atom. The van der Waals surface area contributed by atoms with Crippen molar-refractivity contribution in [1.29, 1.82) is 0 Å². The van der Waals surface area contributed by atoms with Crippen LogP contribution in [0.15, 0.2) is 53.5 Å². The average molecular weight is 470 g/mol. The number of nitrogens with zero attached hydrogens (tertiary/aromatic N) is 2. The number of hydrogen-bond donors (Lipinski definition) is 2. The molecular formula is C20H28FIN4. The number of guanidine groups is 1. The van der Waals surface area contributed by atoms with Crippen molar-refractivity contribution in [2.24, 2.45) is 4.99 Å². The van der Waals surface area contributed by atoms with Crippen molar-refractivity contribution in [1.82, 2.24) is 10.6 Å². The van der Waals surface area contributed by atoms with Gasteiger partial charge in [-0.05, 0) is 42.7 Å². The number of benzene rings is 2. The van der Waals surface area contributed by atoms with Gasteiger partial charge in [0.15, 0.2) is 5.96 Å². The van der Waals surface area contributed by atoms with E-state index in [4.69, 9.17) is 0 Å². The van der Waals surface area contributed by atoms with Crippen LogP contribution in [0.3, 0.4) is 0 Å². The second-order valence-corrected chi connectivity index (χ2v) is 6.02. The van der Waals surface area contributed by atoms with Gasteiger partial charge in [-0.25, -0.2) is 9.38 Å². The van der Waals surface area contributed by atoms with Gasteiger partial charge in [0.1, 0.15) is 5.82 Å². The summed E-state index contributed by atoms with van der Waals surface area (Å²) in [5, 5.41) is 6.48. The molecule has 2 aromatic rings. The summed E-state index contributed by atoms with van der Waals surface area (Å²) in [5.41, 5.74) is 3.03. The van der Waals surface area contributed by atoms with E-state index in [1.807, 2.05) is 33.2 Å². The lowest BCUT2D eigenvalue weighted by molar-refractivity contribution is 0.606. The molecule has 2 N–H and O–H groups in total. The molecule has 0 aliphatic heterocycles. The van der Waals surface area contributed by atoms with Gasteiger partial charge in [-0.1, -0.05) is 30.3 Å². The van der Waals surface area contributed by atoms with Gasteiger partial charge in [0, 0.05) is 32.9 Å². The first-order chi connectivity index (χ1) is 12.1. The van der Waals surface area contributed by atoms with Crippen LogP contribution in [0.25, 0.3) is 0 Å². The number of rotatable bonds is 7. The van der Waals surface area contributed by atoms with Gasteiger partial charge in [-0.3, -0.25) is 0 Å². The van der Waals surface area contributed by atoms with Crippen LogP contribution >= 0.6 is 24.0 Å². The summed E-state index contributed by atoms with van der Waals surface area (Å²) in [6.45, 7) is 4.04. The first kappa shape index (κ1) is 22.2. The molecule has 0 atom stereocenters. The highest BCUT2D eigenvalue weighted by Crippen LogP contribution is 2.12. The molecule has 4 nitrogen and oxygen atoms in total. The zero-order valence-electron chi connectivity index (χ0n) is 15.6. The fourth-order valence-corrected chi connectivity index (χ4v) is 2.43. The third-order valence-corrected chi connectivity index (χ3v) is 3.86. The maximum atomic E-state index is 13.6. The molecule has 0 aromatic heterocycles. The highest BCUT2D eigenvalue weighted by Gasteiger charge is 2.02. The van der Waals surface area contributed by atoms with E-state index in [9.17, 15) is 4.39 Å². The number of aliphatic imine (C=N–C) groups is 1. The topological polar surface area (TPSA) is 39.7 Å². The minimum atomic E-state index is -0.160. The van der Waals surface area contributed by atoms with Crippen LogP contribution < -0.4 is 15.5 Å². The Bertz CT molecular complexity index is 686. The second-order valence-electron chi connectivity index (χ2n) is 6.02. The second kappa shape index (κ2) is 11.7. The Hall–Kier alpha value is -1.83. The molecule has 0 bridgehead atoms. The summed E-state index contributed by atoms with van der Waals surface area (Å²) < 4.78 is 13.6. The minimum absolute atomic E-state index is 0. The number of nitrogens with one attached hydrogen (secondary N) is 2. The van der Waals surface area contributed by atoms with Gasteiger partial charge in [0.25, 0.3) is 0 Å². The lowest BCUT2D eigenvalue weighted by atomic mass is 10.1. The Morgan fingerprint density at radius 2 is 1.73 bits per heavy atom. The third-order valence-electron chi connectivity index (χ3n) is 3.86. The lowest BCUT2D eigenvalue weighted by Gasteiger charge is -2.13. The quantitative estimate of drug-likeness (QED) is 0.368. The fourth-order valence-electron chi connectivity index (χ4n) is 2.43. The van der Waals surface area contributed by atoms with Crippen LogP contribution in [0.5, 0.6) is 0 Å². The Kier molecular flexibility index (Phi) is 10.0. The van der Waals surface area contributed by atoms with Crippen LogP contribution in [0.2, 0.25) is 0 Å². The molecule has 142 valence electrons. The molecule has 0 spiro atoms. The molecule has 0 saturated heterocycles. The Morgan fingerprint density at radius 3 is 2.35 bits per heavy atom. The van der Waals surface area contributed by atoms with Crippen molar-refractivity contribution in [3.8, 4) is 0 Å². The van der Waals surface area contributed by atoms with Crippen LogP contribution in [-0.4, -0.2) is 33.1 Å². The molecule has 0 fully saturated rings. The van der Waals surface area contributed by atoms with E-state index in [-0.39, 0.29) is 29.8 Å². The van der Waals surface area contributed by atoms with E-state index in [1.54, 1.807) is 6.07 Å². The van der Waals surface area contributed by atoms with Crippen molar-refractivity contribution in [3.63, 3.8) is 0 Å². The third kappa shape index (κ3) is 7.19. The smallest absolute Gasteiger partial charge is 0.191 e. The molecule has 0 amide bonds. The van der Waals surface area contributed by atoms with Crippen LogP contribution in [0, 0.1) is 5.82 Å². The van der Waals surface area contributed by atoms with Gasteiger partial charge in [-0.2, -0.15) is 0 Å². The first-order valence-electron chi connectivity index (χ1n) is 8.62. The SMILES string of the molecule is CCNC(=NCc1ccc(N(C)C)cc1)NCCc1ccccc1F.I. The zero-order valence-corrected chi connectivity index (χ0v) is 18.0. The van der Waals surface area contributed by atoms with Crippen molar-refractivity contribution in [3.05, 3.63) is 65.5 Å². The van der Waals surface area contributed by atoms with Crippen molar-refractivity contribution >= 4 is 35.6 Å². The predicted molar refractivity (Wildman–Crippen MR) is 119 cm³/mol. The normalized spacial score (nSPS) is 10.8. The highest BCUT2D eigenvalue weighted by molar-refractivity contribution is 14.0. The fraction of sp³-hybridized carbons (Fsp3) is 0.350. The van der Waals surface area contributed by atoms with E-state index in [0.29, 0.717) is 25.1 Å². The van der Waals surface area contributed by atoms with E-state index in [0.717, 1.165) is 18.1 Å². The summed E-state index contributed by atoms with van der Waals surface area (Å²) in [6, 6.07) is 15.2. The minimum Gasteiger partial charge on any atom is -0.378 e. The largest absolute Gasteiger partial charge is 0.378 e. The molecule has 0 saturated carbocycles. The molecule has 0 aliphatic rings. The van der Waals surface area contributed by atoms with Crippen LogP contribution in [0.4, 0.5) is 10.1 Å². The first-order valence-corrected chi connectivity index (χ1v) is 8.62. The maximum Gasteiger partial charge on any atom is 0.191 e. The molecule has 0 unspecified atom stereocenters. The van der Waals surface area contributed by atoms with Crippen molar-refractivity contribution < 1.29 is 4.39 Å². The number of halogens is 2. The van der Waals surface area contributed by atoms with E-state index in [2.05, 4.69) is 44.8 Å². The van der Waals surface area contributed by atoms with Gasteiger partial charge >= 0.3 is 0 Å². The summed E-state index contributed by atoms with van der Waals surface area (Å²) in [4.78, 5) is 6.67. The van der Waals surface area contributed by atoms with Crippen molar-refractivity contribution in [2.75, 3.05) is 32.1 Å². The molecule has 2 rings (SSSR count). The predicted octanol–water partition coefficient (Wildman–Crippen LogP) is 3.81. The highest BCUT2D eigenvalue weighted by atomic mass is 127.